The highest BCUT2D eigenvalue weighted by atomic mass is 35.5. The Labute approximate surface area is 279 Å². The topological polar surface area (TPSA) is 118 Å². The van der Waals surface area contributed by atoms with Crippen molar-refractivity contribution in [2.45, 2.75) is 74.8 Å². The van der Waals surface area contributed by atoms with Crippen molar-refractivity contribution >= 4 is 39.2 Å². The van der Waals surface area contributed by atoms with E-state index in [1.807, 2.05) is 0 Å². The van der Waals surface area contributed by atoms with E-state index in [0.29, 0.717) is 88.8 Å². The first-order valence-electron chi connectivity index (χ1n) is 16.8. The van der Waals surface area contributed by atoms with Crippen LogP contribution in [0.1, 0.15) is 61.8 Å². The van der Waals surface area contributed by atoms with Crippen molar-refractivity contribution in [1.82, 2.24) is 35.0 Å². The van der Waals surface area contributed by atoms with Crippen LogP contribution in [-0.2, 0) is 17.6 Å². The quantitative estimate of drug-likeness (QED) is 0.248. The molecule has 1 aromatic carbocycles. The van der Waals surface area contributed by atoms with E-state index in [4.69, 9.17) is 40.4 Å². The number of rotatable bonds is 3. The molecule has 48 heavy (non-hydrogen) atoms. The van der Waals surface area contributed by atoms with Gasteiger partial charge in [0.05, 0.1) is 34.4 Å². The molecule has 7 aliphatic heterocycles. The summed E-state index contributed by atoms with van der Waals surface area (Å²) in [5, 5.41) is 8.83. The van der Waals surface area contributed by atoms with Crippen LogP contribution in [-0.4, -0.2) is 85.1 Å². The molecule has 0 aliphatic carbocycles. The summed E-state index contributed by atoms with van der Waals surface area (Å²) in [6.07, 6.45) is 9.59. The molecule has 11 heterocycles. The number of aromatic nitrogens is 6. The fourth-order valence-corrected chi connectivity index (χ4v) is 9.21. The van der Waals surface area contributed by atoms with Crippen molar-refractivity contribution in [2.24, 2.45) is 0 Å². The van der Waals surface area contributed by atoms with E-state index in [-0.39, 0.29) is 29.9 Å². The molecule has 9 bridgehead atoms. The number of nitrogens with one attached hydrogen (secondary N) is 1. The van der Waals surface area contributed by atoms with Gasteiger partial charge in [-0.15, -0.1) is 0 Å². The Morgan fingerprint density at radius 3 is 2.88 bits per heavy atom. The third-order valence-electron chi connectivity index (χ3n) is 11.2. The number of alkyl halides is 1. The lowest BCUT2D eigenvalue weighted by Gasteiger charge is -2.52. The Morgan fingerprint density at radius 1 is 1.06 bits per heavy atom. The number of hydrogen-bond donors (Lipinski definition) is 1. The molecule has 7 aliphatic rings. The second-order valence-corrected chi connectivity index (χ2v) is 14.5. The van der Waals surface area contributed by atoms with Gasteiger partial charge in [0, 0.05) is 61.1 Å². The molecule has 1 spiro atoms. The molecule has 5 aromatic rings. The van der Waals surface area contributed by atoms with Crippen LogP contribution in [0.4, 0.5) is 14.6 Å². The summed E-state index contributed by atoms with van der Waals surface area (Å²) >= 11 is 6.89. The number of pyridine rings is 1. The van der Waals surface area contributed by atoms with Crippen molar-refractivity contribution in [2.75, 3.05) is 37.7 Å². The standard InChI is InChI=1S/C34H33ClF2N8O3/c35-23-9-24-21(14-40-43-24)26-20(23)4-3-19-12-39-31(47-19)25-11-34(48-25)6-2-7-44(16-34)30-22-13-38-29(26)27(37)28(22)41-32(42-30)46-17-33-5-1-8-45(33)15-18(36)10-33/h9,12-14,18,25H,1-8,10-11,15-17H2,(H,40,43)/t18-,25-,33+,34-/m1/s1. The lowest BCUT2D eigenvalue weighted by molar-refractivity contribution is -0.220. The zero-order valence-electron chi connectivity index (χ0n) is 26.1. The highest BCUT2D eigenvalue weighted by Gasteiger charge is 2.51. The number of nitrogens with zero attached hydrogens (tertiary/aromatic N) is 7. The number of hydrogen-bond acceptors (Lipinski definition) is 10. The van der Waals surface area contributed by atoms with Crippen LogP contribution in [0.2, 0.25) is 5.02 Å². The summed E-state index contributed by atoms with van der Waals surface area (Å²) in [4.78, 5) is 23.2. The van der Waals surface area contributed by atoms with Crippen LogP contribution >= 0.6 is 11.6 Å². The van der Waals surface area contributed by atoms with Gasteiger partial charge in [-0.2, -0.15) is 15.1 Å². The summed E-state index contributed by atoms with van der Waals surface area (Å²) < 4.78 is 50.8. The molecule has 4 aromatic heterocycles. The van der Waals surface area contributed by atoms with Gasteiger partial charge in [-0.1, -0.05) is 11.6 Å². The minimum Gasteiger partial charge on any atom is -0.461 e. The van der Waals surface area contributed by atoms with Crippen LogP contribution in [0.25, 0.3) is 33.1 Å². The Kier molecular flexibility index (Phi) is 6.36. The van der Waals surface area contributed by atoms with E-state index < -0.39 is 23.1 Å². The van der Waals surface area contributed by atoms with E-state index in [1.165, 1.54) is 0 Å². The van der Waals surface area contributed by atoms with E-state index in [2.05, 4.69) is 25.0 Å². The average molecular weight is 675 g/mol. The van der Waals surface area contributed by atoms with E-state index in [9.17, 15) is 4.39 Å². The van der Waals surface area contributed by atoms with Gasteiger partial charge in [0.15, 0.2) is 5.82 Å². The summed E-state index contributed by atoms with van der Waals surface area (Å²) in [6, 6.07) is 1.86. The Balaban J connectivity index is 1.15. The van der Waals surface area contributed by atoms with Gasteiger partial charge in [0.1, 0.15) is 41.7 Å². The maximum Gasteiger partial charge on any atom is 0.319 e. The predicted molar refractivity (Wildman–Crippen MR) is 172 cm³/mol. The SMILES string of the molecule is Fc1c2ncc3c(nc(OC[C@@]45CCCN4C[C@H](F)C5)nc13)N1CCC[C@@]3(C[C@@H](O3)c3ncc(o3)CCc3c(Cl)cc4[nH]ncc4c3-2)C1. The summed E-state index contributed by atoms with van der Waals surface area (Å²) in [6.45, 7) is 2.74. The molecule has 0 unspecified atom stereocenters. The predicted octanol–water partition coefficient (Wildman–Crippen LogP) is 5.90. The Bertz CT molecular complexity index is 2100. The molecular formula is C34H33ClF2N8O3. The first-order valence-corrected chi connectivity index (χ1v) is 17.2. The number of fused-ring (bicyclic) bond motifs is 2. The summed E-state index contributed by atoms with van der Waals surface area (Å²) in [5.41, 5.74) is 1.33. The van der Waals surface area contributed by atoms with Crippen molar-refractivity contribution < 1.29 is 22.7 Å². The van der Waals surface area contributed by atoms with Crippen molar-refractivity contribution in [3.63, 3.8) is 0 Å². The lowest BCUT2D eigenvalue weighted by atomic mass is 9.81. The van der Waals surface area contributed by atoms with Crippen molar-refractivity contribution in [3.05, 3.63) is 52.7 Å². The van der Waals surface area contributed by atoms with E-state index >= 15 is 4.39 Å². The van der Waals surface area contributed by atoms with Crippen LogP contribution < -0.4 is 9.64 Å². The number of halogens is 3. The lowest BCUT2D eigenvalue weighted by Crippen LogP contribution is -2.57. The molecule has 4 atom stereocenters. The molecule has 248 valence electrons. The minimum atomic E-state index is -0.894. The van der Waals surface area contributed by atoms with Crippen molar-refractivity contribution in [1.29, 1.82) is 0 Å². The normalized spacial score (nSPS) is 28.2. The molecule has 4 fully saturated rings. The average Bonchev–Trinajstić information content (AvgIpc) is 3.86. The molecule has 1 N–H and O–H groups in total. The minimum absolute atomic E-state index is 0.0637. The van der Waals surface area contributed by atoms with E-state index in [1.54, 1.807) is 24.7 Å². The zero-order chi connectivity index (χ0) is 32.2. The maximum atomic E-state index is 17.2. The van der Waals surface area contributed by atoms with Gasteiger partial charge < -0.3 is 18.8 Å². The molecule has 11 nitrogen and oxygen atoms in total. The highest BCUT2D eigenvalue weighted by Crippen LogP contribution is 2.49. The largest absolute Gasteiger partial charge is 0.461 e. The van der Waals surface area contributed by atoms with E-state index in [0.717, 1.165) is 38.6 Å². The fourth-order valence-electron chi connectivity index (χ4n) is 8.91. The molecule has 0 amide bonds. The maximum absolute atomic E-state index is 17.2. The van der Waals surface area contributed by atoms with Crippen LogP contribution in [0, 0.1) is 5.82 Å². The third-order valence-corrected chi connectivity index (χ3v) is 11.5. The third kappa shape index (κ3) is 4.39. The van der Waals surface area contributed by atoms with Crippen LogP contribution in [0.5, 0.6) is 6.01 Å². The number of anilines is 1. The van der Waals surface area contributed by atoms with Crippen molar-refractivity contribution in [3.8, 4) is 17.3 Å². The Hall–Kier alpha value is -3.94. The number of H-pyrrole nitrogens is 1. The Morgan fingerprint density at radius 2 is 1.96 bits per heavy atom. The van der Waals surface area contributed by atoms with Gasteiger partial charge in [0.25, 0.3) is 0 Å². The molecule has 0 saturated carbocycles. The second-order valence-electron chi connectivity index (χ2n) is 14.1. The number of benzene rings is 1. The molecule has 0 radical (unpaired) electrons. The van der Waals surface area contributed by atoms with Gasteiger partial charge in [-0.05, 0) is 50.3 Å². The molecule has 12 rings (SSSR count). The second kappa shape index (κ2) is 10.5. The molecule has 14 heteroatoms. The van der Waals surface area contributed by atoms with Crippen LogP contribution in [0.3, 0.4) is 0 Å². The molecule has 4 saturated heterocycles. The fraction of sp³-hybridized carbons (Fsp3) is 0.500. The highest BCUT2D eigenvalue weighted by molar-refractivity contribution is 6.33. The van der Waals surface area contributed by atoms with Gasteiger partial charge in [-0.25, -0.2) is 13.8 Å². The van der Waals surface area contributed by atoms with Crippen LogP contribution in [0.15, 0.2) is 29.1 Å². The summed E-state index contributed by atoms with van der Waals surface area (Å²) in [7, 11) is 0. The van der Waals surface area contributed by atoms with Gasteiger partial charge >= 0.3 is 6.01 Å². The number of aromatic amines is 1. The van der Waals surface area contributed by atoms with Gasteiger partial charge in [-0.3, -0.25) is 15.0 Å². The first kappa shape index (κ1) is 29.0. The number of aryl methyl sites for hydroxylation is 1. The monoisotopic (exact) mass is 674 g/mol. The number of ether oxygens (including phenoxy) is 2. The summed E-state index contributed by atoms with van der Waals surface area (Å²) in [5.74, 6) is 1.20. The van der Waals surface area contributed by atoms with Gasteiger partial charge in [0.2, 0.25) is 5.89 Å². The number of oxazole rings is 1. The smallest absolute Gasteiger partial charge is 0.319 e. The molecular weight excluding hydrogens is 642 g/mol. The zero-order valence-corrected chi connectivity index (χ0v) is 26.9. The number of piperidine rings is 1. The first-order chi connectivity index (χ1) is 23.4.